The van der Waals surface area contributed by atoms with Gasteiger partial charge in [0.05, 0.1) is 12.7 Å². The topological polar surface area (TPSA) is 46.9 Å². The SMILES string of the molecule is Cc1cnn(C[C@H]2CCCN2)c(=O)c1. The quantitative estimate of drug-likeness (QED) is 0.735. The summed E-state index contributed by atoms with van der Waals surface area (Å²) in [5, 5.41) is 7.45. The van der Waals surface area contributed by atoms with Gasteiger partial charge in [-0.15, -0.1) is 0 Å². The maximum atomic E-state index is 11.5. The zero-order valence-electron chi connectivity index (χ0n) is 8.36. The van der Waals surface area contributed by atoms with E-state index in [4.69, 9.17) is 0 Å². The molecule has 1 aromatic heterocycles. The predicted octanol–water partition coefficient (Wildman–Crippen LogP) is 0.304. The lowest BCUT2D eigenvalue weighted by molar-refractivity contribution is 0.458. The molecule has 0 amide bonds. The molecule has 0 saturated carbocycles. The second-order valence-corrected chi connectivity index (χ2v) is 3.85. The molecule has 14 heavy (non-hydrogen) atoms. The van der Waals surface area contributed by atoms with Crippen LogP contribution in [-0.2, 0) is 6.54 Å². The Morgan fingerprint density at radius 3 is 3.21 bits per heavy atom. The number of hydrogen-bond donors (Lipinski definition) is 1. The van der Waals surface area contributed by atoms with E-state index in [0.29, 0.717) is 12.6 Å². The second kappa shape index (κ2) is 3.92. The van der Waals surface area contributed by atoms with E-state index in [1.165, 1.54) is 11.1 Å². The summed E-state index contributed by atoms with van der Waals surface area (Å²) in [5.74, 6) is 0. The monoisotopic (exact) mass is 193 g/mol. The Morgan fingerprint density at radius 2 is 2.57 bits per heavy atom. The molecule has 0 radical (unpaired) electrons. The van der Waals surface area contributed by atoms with Gasteiger partial charge in [-0.1, -0.05) is 0 Å². The summed E-state index contributed by atoms with van der Waals surface area (Å²) in [6.45, 7) is 3.64. The van der Waals surface area contributed by atoms with Gasteiger partial charge in [0, 0.05) is 12.1 Å². The van der Waals surface area contributed by atoms with Gasteiger partial charge in [0.15, 0.2) is 0 Å². The van der Waals surface area contributed by atoms with E-state index in [2.05, 4.69) is 10.4 Å². The fraction of sp³-hybridized carbons (Fsp3) is 0.600. The van der Waals surface area contributed by atoms with E-state index < -0.39 is 0 Å². The molecule has 2 heterocycles. The first-order valence-corrected chi connectivity index (χ1v) is 5.03. The van der Waals surface area contributed by atoms with Crippen LogP contribution in [0.5, 0.6) is 0 Å². The number of aryl methyl sites for hydroxylation is 1. The van der Waals surface area contributed by atoms with Gasteiger partial charge in [0.1, 0.15) is 0 Å². The highest BCUT2D eigenvalue weighted by molar-refractivity contribution is 5.02. The molecule has 4 nitrogen and oxygen atoms in total. The molecule has 4 heteroatoms. The lowest BCUT2D eigenvalue weighted by Gasteiger charge is -2.10. The number of rotatable bonds is 2. The maximum absolute atomic E-state index is 11.5. The number of hydrogen-bond acceptors (Lipinski definition) is 3. The number of nitrogens with one attached hydrogen (secondary N) is 1. The van der Waals surface area contributed by atoms with Crippen molar-refractivity contribution in [3.8, 4) is 0 Å². The number of aromatic nitrogens is 2. The van der Waals surface area contributed by atoms with Crippen LogP contribution in [0.25, 0.3) is 0 Å². The summed E-state index contributed by atoms with van der Waals surface area (Å²) in [6, 6.07) is 2.05. The molecule has 0 spiro atoms. The van der Waals surface area contributed by atoms with Crippen LogP contribution < -0.4 is 10.9 Å². The Bertz CT molecular complexity index is 366. The van der Waals surface area contributed by atoms with Crippen molar-refractivity contribution >= 4 is 0 Å². The van der Waals surface area contributed by atoms with Gasteiger partial charge in [-0.2, -0.15) is 5.10 Å². The standard InChI is InChI=1S/C10H15N3O/c1-8-5-10(14)13(12-6-8)7-9-3-2-4-11-9/h5-6,9,11H,2-4,7H2,1H3/t9-/m1/s1. The van der Waals surface area contributed by atoms with Crippen LogP contribution in [0.1, 0.15) is 18.4 Å². The third-order valence-corrected chi connectivity index (χ3v) is 2.56. The minimum absolute atomic E-state index is 0.00120. The van der Waals surface area contributed by atoms with Gasteiger partial charge < -0.3 is 5.32 Å². The lowest BCUT2D eigenvalue weighted by Crippen LogP contribution is -2.33. The molecule has 1 aromatic rings. The predicted molar refractivity (Wildman–Crippen MR) is 54.3 cm³/mol. The van der Waals surface area contributed by atoms with E-state index in [1.807, 2.05) is 6.92 Å². The van der Waals surface area contributed by atoms with Crippen molar-refractivity contribution < 1.29 is 0 Å². The molecule has 0 aromatic carbocycles. The minimum Gasteiger partial charge on any atom is -0.312 e. The molecule has 0 aliphatic carbocycles. The van der Waals surface area contributed by atoms with Crippen LogP contribution in [0, 0.1) is 6.92 Å². The average molecular weight is 193 g/mol. The van der Waals surface area contributed by atoms with Crippen LogP contribution in [0.4, 0.5) is 0 Å². The van der Waals surface area contributed by atoms with Gasteiger partial charge >= 0.3 is 0 Å². The van der Waals surface area contributed by atoms with E-state index in [0.717, 1.165) is 18.5 Å². The molecule has 1 fully saturated rings. The second-order valence-electron chi connectivity index (χ2n) is 3.85. The Balaban J connectivity index is 2.12. The van der Waals surface area contributed by atoms with Gasteiger partial charge in [0.25, 0.3) is 5.56 Å². The molecular weight excluding hydrogens is 178 g/mol. The first kappa shape index (κ1) is 9.40. The maximum Gasteiger partial charge on any atom is 0.267 e. The van der Waals surface area contributed by atoms with Crippen molar-refractivity contribution in [2.45, 2.75) is 32.4 Å². The fourth-order valence-corrected chi connectivity index (χ4v) is 1.78. The summed E-state index contributed by atoms with van der Waals surface area (Å²) in [4.78, 5) is 11.5. The van der Waals surface area contributed by atoms with Gasteiger partial charge in [0.2, 0.25) is 0 Å². The molecule has 0 unspecified atom stereocenters. The largest absolute Gasteiger partial charge is 0.312 e. The third kappa shape index (κ3) is 2.01. The summed E-state index contributed by atoms with van der Waals surface area (Å²) in [6.07, 6.45) is 4.07. The Morgan fingerprint density at radius 1 is 1.71 bits per heavy atom. The van der Waals surface area contributed by atoms with Crippen molar-refractivity contribution in [2.75, 3.05) is 6.54 Å². The fourth-order valence-electron chi connectivity index (χ4n) is 1.78. The van der Waals surface area contributed by atoms with Crippen molar-refractivity contribution in [1.29, 1.82) is 0 Å². The van der Waals surface area contributed by atoms with Crippen LogP contribution in [0.15, 0.2) is 17.1 Å². The molecule has 1 atom stereocenters. The number of nitrogens with zero attached hydrogens (tertiary/aromatic N) is 2. The summed E-state index contributed by atoms with van der Waals surface area (Å²) in [5.41, 5.74) is 0.921. The van der Waals surface area contributed by atoms with E-state index in [9.17, 15) is 4.79 Å². The van der Waals surface area contributed by atoms with E-state index >= 15 is 0 Å². The van der Waals surface area contributed by atoms with Gasteiger partial charge in [-0.3, -0.25) is 4.79 Å². The van der Waals surface area contributed by atoms with Crippen LogP contribution in [-0.4, -0.2) is 22.4 Å². The molecule has 1 aliphatic rings. The molecule has 2 rings (SSSR count). The highest BCUT2D eigenvalue weighted by Crippen LogP contribution is 2.05. The normalized spacial score (nSPS) is 21.4. The Labute approximate surface area is 82.9 Å². The van der Waals surface area contributed by atoms with Crippen LogP contribution >= 0.6 is 0 Å². The Hall–Kier alpha value is -1.16. The van der Waals surface area contributed by atoms with Gasteiger partial charge in [-0.25, -0.2) is 4.68 Å². The smallest absolute Gasteiger partial charge is 0.267 e. The van der Waals surface area contributed by atoms with Crippen molar-refractivity contribution in [3.05, 3.63) is 28.2 Å². The molecule has 0 bridgehead atoms. The Kier molecular flexibility index (Phi) is 2.63. The van der Waals surface area contributed by atoms with Crippen LogP contribution in [0.3, 0.4) is 0 Å². The van der Waals surface area contributed by atoms with Crippen molar-refractivity contribution in [3.63, 3.8) is 0 Å². The van der Waals surface area contributed by atoms with Gasteiger partial charge in [-0.05, 0) is 31.9 Å². The third-order valence-electron chi connectivity index (χ3n) is 2.56. The zero-order chi connectivity index (χ0) is 9.97. The lowest BCUT2D eigenvalue weighted by atomic mass is 10.2. The molecule has 1 aliphatic heterocycles. The minimum atomic E-state index is -0.00120. The first-order chi connectivity index (χ1) is 6.75. The summed E-state index contributed by atoms with van der Waals surface area (Å²) in [7, 11) is 0. The highest BCUT2D eigenvalue weighted by Gasteiger charge is 2.15. The molecule has 76 valence electrons. The summed E-state index contributed by atoms with van der Waals surface area (Å²) < 4.78 is 1.54. The molecule has 1 saturated heterocycles. The van der Waals surface area contributed by atoms with Crippen molar-refractivity contribution in [2.24, 2.45) is 0 Å². The highest BCUT2D eigenvalue weighted by atomic mass is 16.1. The van der Waals surface area contributed by atoms with E-state index in [1.54, 1.807) is 12.3 Å². The zero-order valence-corrected chi connectivity index (χ0v) is 8.36. The average Bonchev–Trinajstić information content (AvgIpc) is 2.62. The van der Waals surface area contributed by atoms with Crippen LogP contribution in [0.2, 0.25) is 0 Å². The summed E-state index contributed by atoms with van der Waals surface area (Å²) >= 11 is 0. The first-order valence-electron chi connectivity index (χ1n) is 5.03. The molecular formula is C10H15N3O. The molecule has 1 N–H and O–H groups in total. The van der Waals surface area contributed by atoms with E-state index in [-0.39, 0.29) is 5.56 Å². The van der Waals surface area contributed by atoms with Crippen molar-refractivity contribution in [1.82, 2.24) is 15.1 Å².